The summed E-state index contributed by atoms with van der Waals surface area (Å²) in [7, 11) is 1.14. The van der Waals surface area contributed by atoms with Crippen molar-refractivity contribution in [2.75, 3.05) is 18.6 Å². The number of ether oxygens (including phenoxy) is 3. The van der Waals surface area contributed by atoms with E-state index in [9.17, 15) is 9.59 Å². The molecule has 2 aromatic carbocycles. The van der Waals surface area contributed by atoms with Gasteiger partial charge in [0.2, 0.25) is 3.79 Å². The van der Waals surface area contributed by atoms with Gasteiger partial charge < -0.3 is 14.2 Å². The Hall–Kier alpha value is -2.26. The molecule has 0 unspecified atom stereocenters. The molecule has 31 heavy (non-hydrogen) atoms. The first-order chi connectivity index (χ1) is 14.7. The number of methoxy groups -OCH3 is 1. The fourth-order valence-corrected chi connectivity index (χ4v) is 3.71. The van der Waals surface area contributed by atoms with Crippen LogP contribution in [0.3, 0.4) is 0 Å². The number of carbonyl (C=O) groups excluding carboxylic acids is 2. The van der Waals surface area contributed by atoms with Gasteiger partial charge in [-0.25, -0.2) is 14.6 Å². The molecule has 11 heteroatoms. The highest BCUT2D eigenvalue weighted by Gasteiger charge is 2.30. The van der Waals surface area contributed by atoms with Crippen LogP contribution in [0, 0.1) is 6.92 Å². The van der Waals surface area contributed by atoms with Crippen LogP contribution < -0.4 is 9.64 Å². The van der Waals surface area contributed by atoms with Crippen molar-refractivity contribution < 1.29 is 23.8 Å². The first-order valence-corrected chi connectivity index (χ1v) is 10.8. The van der Waals surface area contributed by atoms with E-state index in [1.165, 1.54) is 6.07 Å². The average Bonchev–Trinajstić information content (AvgIpc) is 3.14. The third-order valence-corrected chi connectivity index (χ3v) is 5.35. The quantitative estimate of drug-likeness (QED) is 0.382. The minimum Gasteiger partial charge on any atom is -0.486 e. The maximum absolute atomic E-state index is 12.4. The molecule has 7 nitrogen and oxygen atoms in total. The second-order valence-corrected chi connectivity index (χ2v) is 9.92. The number of carbonyl (C=O) groups is 2. The minimum atomic E-state index is -1.81. The predicted molar refractivity (Wildman–Crippen MR) is 122 cm³/mol. The lowest BCUT2D eigenvalue weighted by Gasteiger charge is -2.22. The van der Waals surface area contributed by atoms with E-state index < -0.39 is 22.6 Å². The number of amides is 2. The summed E-state index contributed by atoms with van der Waals surface area (Å²) in [4.78, 5) is 29.8. The molecule has 0 bridgehead atoms. The molecule has 0 fully saturated rings. The van der Waals surface area contributed by atoms with Crippen LogP contribution in [-0.2, 0) is 16.1 Å². The lowest BCUT2D eigenvalue weighted by molar-refractivity contribution is 0.145. The lowest BCUT2D eigenvalue weighted by atomic mass is 10.2. The number of aromatic nitrogens is 1. The zero-order valence-electron chi connectivity index (χ0n) is 16.4. The third kappa shape index (κ3) is 6.13. The maximum atomic E-state index is 12.4. The van der Waals surface area contributed by atoms with Crippen molar-refractivity contribution in [1.82, 2.24) is 4.98 Å². The Bertz CT molecular complexity index is 1070. The van der Waals surface area contributed by atoms with E-state index in [2.05, 4.69) is 9.72 Å². The van der Waals surface area contributed by atoms with Crippen molar-refractivity contribution in [1.29, 1.82) is 0 Å². The van der Waals surface area contributed by atoms with Gasteiger partial charge in [0.05, 0.1) is 23.0 Å². The number of alkyl halides is 3. The molecule has 1 heterocycles. The topological polar surface area (TPSA) is 78.0 Å². The molecule has 0 saturated heterocycles. The fraction of sp³-hybridized carbons (Fsp3) is 0.250. The molecule has 0 spiro atoms. The van der Waals surface area contributed by atoms with E-state index in [4.69, 9.17) is 44.3 Å². The molecule has 3 rings (SSSR count). The molecule has 0 atom stereocenters. The van der Waals surface area contributed by atoms with Gasteiger partial charge in [-0.2, -0.15) is 4.90 Å². The molecule has 3 aromatic rings. The van der Waals surface area contributed by atoms with Gasteiger partial charge in [-0.3, -0.25) is 0 Å². The van der Waals surface area contributed by atoms with Crippen molar-refractivity contribution in [3.63, 3.8) is 0 Å². The SMILES string of the molecule is COC(=O)N(C(=O)OCC(Cl)(Cl)Cl)c1ccc(OCc2nc3ccccc3s2)cc1C. The number of aryl methyl sites for hydroxylation is 1. The van der Waals surface area contributed by atoms with E-state index in [1.807, 2.05) is 24.3 Å². The molecule has 0 aliphatic carbocycles. The number of benzene rings is 2. The number of nitrogens with zero attached hydrogens (tertiary/aromatic N) is 2. The number of halogens is 3. The Morgan fingerprint density at radius 3 is 2.52 bits per heavy atom. The van der Waals surface area contributed by atoms with Crippen LogP contribution in [0.15, 0.2) is 42.5 Å². The van der Waals surface area contributed by atoms with Crippen LogP contribution in [0.2, 0.25) is 0 Å². The van der Waals surface area contributed by atoms with Gasteiger partial charge in [-0.1, -0.05) is 46.9 Å². The molecule has 2 amide bonds. The number of hydrogen-bond acceptors (Lipinski definition) is 7. The molecule has 0 aliphatic heterocycles. The highest BCUT2D eigenvalue weighted by Crippen LogP contribution is 2.30. The van der Waals surface area contributed by atoms with Gasteiger partial charge in [0.15, 0.2) is 0 Å². The van der Waals surface area contributed by atoms with Crippen molar-refractivity contribution in [3.8, 4) is 5.75 Å². The normalized spacial score (nSPS) is 11.3. The third-order valence-electron chi connectivity index (χ3n) is 4.01. The number of fused-ring (bicyclic) bond motifs is 1. The van der Waals surface area contributed by atoms with Crippen molar-refractivity contribution in [3.05, 3.63) is 53.0 Å². The largest absolute Gasteiger partial charge is 0.486 e. The number of hydrogen-bond donors (Lipinski definition) is 0. The van der Waals surface area contributed by atoms with Gasteiger partial charge in [-0.05, 0) is 42.8 Å². The smallest absolute Gasteiger partial charge is 0.424 e. The Kier molecular flexibility index (Phi) is 7.48. The second-order valence-electron chi connectivity index (χ2n) is 6.29. The molecule has 0 saturated carbocycles. The van der Waals surface area contributed by atoms with E-state index in [-0.39, 0.29) is 12.3 Å². The number of rotatable bonds is 5. The van der Waals surface area contributed by atoms with Gasteiger partial charge in [-0.15, -0.1) is 11.3 Å². The van der Waals surface area contributed by atoms with Gasteiger partial charge in [0.1, 0.15) is 24.0 Å². The molecule has 1 aromatic heterocycles. The first kappa shape index (κ1) is 23.4. The van der Waals surface area contributed by atoms with Crippen LogP contribution in [0.25, 0.3) is 10.2 Å². The Morgan fingerprint density at radius 1 is 1.13 bits per heavy atom. The lowest BCUT2D eigenvalue weighted by Crippen LogP contribution is -2.39. The summed E-state index contributed by atoms with van der Waals surface area (Å²) < 4.78 is 14.7. The molecule has 0 aliphatic rings. The zero-order chi connectivity index (χ0) is 22.6. The van der Waals surface area contributed by atoms with Crippen molar-refractivity contribution in [2.24, 2.45) is 0 Å². The standard InChI is InChI=1S/C20H17Cl3N2O5S/c1-12-9-13(29-10-17-24-14-5-3-4-6-16(14)31-17)7-8-15(12)25(18(26)28-2)19(27)30-11-20(21,22)23/h3-9H,10-11H2,1-2H3. The number of para-hydroxylation sites is 1. The van der Waals surface area contributed by atoms with Crippen LogP contribution >= 0.6 is 46.1 Å². The monoisotopic (exact) mass is 502 g/mol. The Labute approximate surface area is 197 Å². The van der Waals surface area contributed by atoms with E-state index in [0.29, 0.717) is 16.2 Å². The summed E-state index contributed by atoms with van der Waals surface area (Å²) in [5.74, 6) is 0.542. The van der Waals surface area contributed by atoms with Gasteiger partial charge in [0.25, 0.3) is 0 Å². The maximum Gasteiger partial charge on any atom is 0.424 e. The van der Waals surface area contributed by atoms with Gasteiger partial charge in [0, 0.05) is 0 Å². The van der Waals surface area contributed by atoms with Crippen LogP contribution in [-0.4, -0.2) is 34.7 Å². The number of anilines is 1. The Balaban J connectivity index is 1.74. The Morgan fingerprint density at radius 2 is 1.87 bits per heavy atom. The molecule has 164 valence electrons. The summed E-state index contributed by atoms with van der Waals surface area (Å²) in [6.07, 6.45) is -1.98. The van der Waals surface area contributed by atoms with E-state index in [0.717, 1.165) is 22.3 Å². The van der Waals surface area contributed by atoms with Crippen LogP contribution in [0.1, 0.15) is 10.6 Å². The highest BCUT2D eigenvalue weighted by molar-refractivity contribution is 7.18. The summed E-state index contributed by atoms with van der Waals surface area (Å²) in [5.41, 5.74) is 1.73. The molecule has 0 N–H and O–H groups in total. The van der Waals surface area contributed by atoms with Crippen molar-refractivity contribution >= 4 is 74.2 Å². The zero-order valence-corrected chi connectivity index (χ0v) is 19.5. The second kappa shape index (κ2) is 9.91. The molecular weight excluding hydrogens is 487 g/mol. The van der Waals surface area contributed by atoms with E-state index >= 15 is 0 Å². The highest BCUT2D eigenvalue weighted by atomic mass is 35.6. The van der Waals surface area contributed by atoms with E-state index in [1.54, 1.807) is 30.4 Å². The molecule has 0 radical (unpaired) electrons. The number of thiazole rings is 1. The summed E-state index contributed by atoms with van der Waals surface area (Å²) >= 11 is 18.4. The fourth-order valence-electron chi connectivity index (χ4n) is 2.67. The summed E-state index contributed by atoms with van der Waals surface area (Å²) in [6.45, 7) is 1.45. The van der Waals surface area contributed by atoms with Crippen molar-refractivity contribution in [2.45, 2.75) is 17.3 Å². The first-order valence-electron chi connectivity index (χ1n) is 8.87. The van der Waals surface area contributed by atoms with Crippen LogP contribution in [0.4, 0.5) is 15.3 Å². The number of imide groups is 1. The van der Waals surface area contributed by atoms with Crippen LogP contribution in [0.5, 0.6) is 5.75 Å². The summed E-state index contributed by atoms with van der Waals surface area (Å²) in [5, 5.41) is 0.828. The predicted octanol–water partition coefficient (Wildman–Crippen LogP) is 6.26. The summed E-state index contributed by atoms with van der Waals surface area (Å²) in [6, 6.07) is 12.7. The minimum absolute atomic E-state index is 0.244. The average molecular weight is 504 g/mol. The molecular formula is C20H17Cl3N2O5S. The van der Waals surface area contributed by atoms with Gasteiger partial charge >= 0.3 is 12.2 Å².